The summed E-state index contributed by atoms with van der Waals surface area (Å²) >= 11 is 0. The number of likely N-dealkylation sites (N-methyl/N-ethyl adjacent to an activating group) is 1. The number of aliphatic hydroxyl groups is 2. The van der Waals surface area contributed by atoms with E-state index in [1.54, 1.807) is 6.20 Å². The van der Waals surface area contributed by atoms with E-state index in [0.29, 0.717) is 5.69 Å². The fraction of sp³-hybridized carbons (Fsp3) is 0.545. The molecule has 9 nitrogen and oxygen atoms in total. The zero-order valence-electron chi connectivity index (χ0n) is 18.4. The molecule has 2 aromatic rings. The van der Waals surface area contributed by atoms with E-state index in [0.717, 1.165) is 5.56 Å². The van der Waals surface area contributed by atoms with Crippen LogP contribution in [0.2, 0.25) is 0 Å². The Bertz CT molecular complexity index is 908. The van der Waals surface area contributed by atoms with Crippen molar-refractivity contribution in [3.8, 4) is 0 Å². The van der Waals surface area contributed by atoms with Gasteiger partial charge in [0.05, 0.1) is 17.9 Å². The highest BCUT2D eigenvalue weighted by Gasteiger charge is 2.45. The van der Waals surface area contributed by atoms with Gasteiger partial charge in [0, 0.05) is 32.6 Å². The Labute approximate surface area is 182 Å². The fourth-order valence-corrected chi connectivity index (χ4v) is 4.03. The van der Waals surface area contributed by atoms with Gasteiger partial charge in [-0.25, -0.2) is 4.68 Å². The molecule has 0 spiro atoms. The van der Waals surface area contributed by atoms with Crippen molar-refractivity contribution in [3.63, 3.8) is 0 Å². The van der Waals surface area contributed by atoms with Crippen LogP contribution in [0.4, 0.5) is 0 Å². The molecule has 4 atom stereocenters. The highest BCUT2D eigenvalue weighted by Crippen LogP contribution is 2.34. The first-order valence-electron chi connectivity index (χ1n) is 10.5. The second-order valence-corrected chi connectivity index (χ2v) is 9.10. The zero-order valence-corrected chi connectivity index (χ0v) is 18.4. The number of rotatable bonds is 6. The lowest BCUT2D eigenvalue weighted by molar-refractivity contribution is -0.144. The first-order chi connectivity index (χ1) is 14.6. The Morgan fingerprint density at radius 2 is 1.94 bits per heavy atom. The molecular formula is C22H31N5O4. The van der Waals surface area contributed by atoms with E-state index in [2.05, 4.69) is 15.6 Å². The van der Waals surface area contributed by atoms with E-state index in [1.807, 2.05) is 51.1 Å². The van der Waals surface area contributed by atoms with Gasteiger partial charge in [0.1, 0.15) is 12.1 Å². The minimum Gasteiger partial charge on any atom is -0.391 e. The molecule has 1 aromatic carbocycles. The van der Waals surface area contributed by atoms with Crippen LogP contribution >= 0.6 is 0 Å². The number of aliphatic hydroxyl groups excluding tert-OH is 2. The summed E-state index contributed by atoms with van der Waals surface area (Å²) in [6, 6.07) is 7.84. The highest BCUT2D eigenvalue weighted by atomic mass is 16.3. The van der Waals surface area contributed by atoms with Crippen LogP contribution in [0.1, 0.15) is 50.6 Å². The molecule has 1 saturated heterocycles. The molecule has 0 aliphatic carbocycles. The van der Waals surface area contributed by atoms with Crippen LogP contribution in [0.15, 0.2) is 36.5 Å². The Kier molecular flexibility index (Phi) is 6.76. The maximum Gasteiger partial charge on any atom is 0.248 e. The predicted octanol–water partition coefficient (Wildman–Crippen LogP) is 0.849. The summed E-state index contributed by atoms with van der Waals surface area (Å²) in [5, 5.41) is 31.5. The third-order valence-electron chi connectivity index (χ3n) is 5.57. The molecule has 2 heterocycles. The average Bonchev–Trinajstić information content (AvgIpc) is 3.33. The van der Waals surface area contributed by atoms with Crippen LogP contribution in [0.25, 0.3) is 0 Å². The Balaban J connectivity index is 1.83. The van der Waals surface area contributed by atoms with Gasteiger partial charge in [-0.3, -0.25) is 9.59 Å². The fourth-order valence-electron chi connectivity index (χ4n) is 4.03. The molecule has 1 aliphatic rings. The summed E-state index contributed by atoms with van der Waals surface area (Å²) < 4.78 is 1.50. The average molecular weight is 430 g/mol. The lowest BCUT2D eigenvalue weighted by Gasteiger charge is -2.34. The molecule has 0 bridgehead atoms. The lowest BCUT2D eigenvalue weighted by Crippen LogP contribution is -2.49. The monoisotopic (exact) mass is 429 g/mol. The van der Waals surface area contributed by atoms with Gasteiger partial charge in [-0.2, -0.15) is 0 Å². The predicted molar refractivity (Wildman–Crippen MR) is 114 cm³/mol. The van der Waals surface area contributed by atoms with Crippen LogP contribution < -0.4 is 5.32 Å². The van der Waals surface area contributed by atoms with Crippen molar-refractivity contribution in [2.75, 3.05) is 13.6 Å². The van der Waals surface area contributed by atoms with Crippen LogP contribution in [0.5, 0.6) is 0 Å². The SMILES string of the molecule is CNC(=O)C1CC(O)CN1C(=O)[C@@H](n1cc(CC(O)c2ccccc2)nn1)C(C)(C)C. The summed E-state index contributed by atoms with van der Waals surface area (Å²) in [6.45, 7) is 5.84. The Morgan fingerprint density at radius 1 is 1.26 bits per heavy atom. The standard InChI is InChI=1S/C22H31N5O4/c1-22(2,3)19(21(31)26-13-16(28)11-17(26)20(30)23-4)27-12-15(24-25-27)10-18(29)14-8-6-5-7-9-14/h5-9,12,16-19,28-29H,10-11,13H2,1-4H3,(H,23,30)/t16?,17?,18?,19-/m1/s1. The smallest absolute Gasteiger partial charge is 0.248 e. The Morgan fingerprint density at radius 3 is 2.55 bits per heavy atom. The molecule has 0 saturated carbocycles. The molecule has 3 N–H and O–H groups in total. The summed E-state index contributed by atoms with van der Waals surface area (Å²) in [5.74, 6) is -0.597. The van der Waals surface area contributed by atoms with E-state index in [1.165, 1.54) is 16.6 Å². The minimum atomic E-state index is -0.751. The number of carbonyl (C=O) groups is 2. The third-order valence-corrected chi connectivity index (χ3v) is 5.57. The molecule has 31 heavy (non-hydrogen) atoms. The maximum absolute atomic E-state index is 13.5. The van der Waals surface area contributed by atoms with Crippen molar-refractivity contribution < 1.29 is 19.8 Å². The highest BCUT2D eigenvalue weighted by molar-refractivity contribution is 5.90. The summed E-state index contributed by atoms with van der Waals surface area (Å²) in [4.78, 5) is 27.2. The minimum absolute atomic E-state index is 0.0950. The molecule has 1 aromatic heterocycles. The molecule has 168 valence electrons. The number of likely N-dealkylation sites (tertiary alicyclic amines) is 1. The quantitative estimate of drug-likeness (QED) is 0.626. The largest absolute Gasteiger partial charge is 0.391 e. The van der Waals surface area contributed by atoms with Crippen LogP contribution in [0, 0.1) is 5.41 Å². The maximum atomic E-state index is 13.5. The number of β-amino-alcohol motifs (C(OH)–C–C–N with tert-alkyl or cyclic N) is 1. The Hall–Kier alpha value is -2.78. The number of nitrogens with one attached hydrogen (secondary N) is 1. The number of hydrogen-bond acceptors (Lipinski definition) is 6. The van der Waals surface area contributed by atoms with Gasteiger partial charge in [-0.1, -0.05) is 56.3 Å². The lowest BCUT2D eigenvalue weighted by atomic mass is 9.85. The zero-order chi connectivity index (χ0) is 22.8. The molecule has 9 heteroatoms. The van der Waals surface area contributed by atoms with Crippen LogP contribution in [-0.2, 0) is 16.0 Å². The summed E-state index contributed by atoms with van der Waals surface area (Å²) in [6.07, 6.45) is 0.647. The van der Waals surface area contributed by atoms with Crippen molar-refractivity contribution in [2.45, 2.75) is 57.9 Å². The number of amides is 2. The summed E-state index contributed by atoms with van der Waals surface area (Å²) in [7, 11) is 1.51. The van der Waals surface area contributed by atoms with Crippen molar-refractivity contribution in [2.24, 2.45) is 5.41 Å². The molecule has 2 amide bonds. The normalized spacial score (nSPS) is 21.0. The van der Waals surface area contributed by atoms with Gasteiger partial charge in [0.15, 0.2) is 0 Å². The van der Waals surface area contributed by atoms with Gasteiger partial charge >= 0.3 is 0 Å². The topological polar surface area (TPSA) is 121 Å². The summed E-state index contributed by atoms with van der Waals surface area (Å²) in [5.41, 5.74) is 0.809. The molecule has 3 unspecified atom stereocenters. The van der Waals surface area contributed by atoms with E-state index in [-0.39, 0.29) is 31.2 Å². The van der Waals surface area contributed by atoms with Gasteiger partial charge < -0.3 is 20.4 Å². The second kappa shape index (κ2) is 9.15. The third kappa shape index (κ3) is 5.11. The van der Waals surface area contributed by atoms with Gasteiger partial charge in [0.2, 0.25) is 11.8 Å². The van der Waals surface area contributed by atoms with E-state index in [9.17, 15) is 19.8 Å². The van der Waals surface area contributed by atoms with Gasteiger partial charge in [-0.05, 0) is 11.0 Å². The van der Waals surface area contributed by atoms with Gasteiger partial charge in [-0.15, -0.1) is 5.10 Å². The number of nitrogens with zero attached hydrogens (tertiary/aromatic N) is 4. The van der Waals surface area contributed by atoms with Crippen LogP contribution in [0.3, 0.4) is 0 Å². The number of benzene rings is 1. The second-order valence-electron chi connectivity index (χ2n) is 9.10. The first kappa shape index (κ1) is 22.9. The molecular weight excluding hydrogens is 398 g/mol. The molecule has 1 aliphatic heterocycles. The molecule has 1 fully saturated rings. The van der Waals surface area contributed by atoms with Crippen molar-refractivity contribution in [1.82, 2.24) is 25.2 Å². The first-order valence-corrected chi connectivity index (χ1v) is 10.5. The van der Waals surface area contributed by atoms with Crippen molar-refractivity contribution in [1.29, 1.82) is 0 Å². The van der Waals surface area contributed by atoms with E-state index < -0.39 is 29.7 Å². The van der Waals surface area contributed by atoms with Crippen molar-refractivity contribution in [3.05, 3.63) is 47.8 Å². The number of carbonyl (C=O) groups excluding carboxylic acids is 2. The van der Waals surface area contributed by atoms with Crippen LogP contribution in [-0.4, -0.2) is 67.7 Å². The molecule has 3 rings (SSSR count). The van der Waals surface area contributed by atoms with Crippen molar-refractivity contribution >= 4 is 11.8 Å². The molecule has 0 radical (unpaired) electrons. The van der Waals surface area contributed by atoms with E-state index in [4.69, 9.17) is 0 Å². The van der Waals surface area contributed by atoms with E-state index >= 15 is 0 Å². The van der Waals surface area contributed by atoms with Gasteiger partial charge in [0.25, 0.3) is 0 Å². The number of hydrogen-bond donors (Lipinski definition) is 3. The number of aromatic nitrogens is 3.